The van der Waals surface area contributed by atoms with Crippen LogP contribution in [0, 0.1) is 18.3 Å². The number of hydrogen-bond donors (Lipinski definition) is 2. The number of anilines is 1. The van der Waals surface area contributed by atoms with Gasteiger partial charge in [-0.3, -0.25) is 4.79 Å². The second kappa shape index (κ2) is 10.3. The fourth-order valence-electron chi connectivity index (χ4n) is 2.81. The fraction of sp³-hybridized carbons (Fsp3) is 0.0800. The molecule has 0 aliphatic heterocycles. The van der Waals surface area contributed by atoms with E-state index in [2.05, 4.69) is 5.32 Å². The van der Waals surface area contributed by atoms with E-state index in [9.17, 15) is 14.9 Å². The van der Waals surface area contributed by atoms with Gasteiger partial charge in [0.05, 0.1) is 5.56 Å². The van der Waals surface area contributed by atoms with E-state index in [-0.39, 0.29) is 17.7 Å². The molecule has 0 atom stereocenters. The van der Waals surface area contributed by atoms with Crippen LogP contribution < -0.4 is 10.1 Å². The van der Waals surface area contributed by atoms with Gasteiger partial charge in [0.2, 0.25) is 0 Å². The number of aromatic carboxylic acids is 1. The number of benzene rings is 3. The lowest BCUT2D eigenvalue weighted by Gasteiger charge is -2.10. The van der Waals surface area contributed by atoms with Gasteiger partial charge in [0.25, 0.3) is 5.91 Å². The summed E-state index contributed by atoms with van der Waals surface area (Å²) in [6, 6.07) is 20.4. The highest BCUT2D eigenvalue weighted by Crippen LogP contribution is 2.24. The number of aryl methyl sites for hydroxylation is 1. The zero-order chi connectivity index (χ0) is 23.1. The number of amides is 1. The molecule has 0 saturated heterocycles. The van der Waals surface area contributed by atoms with Gasteiger partial charge in [0.15, 0.2) is 0 Å². The molecule has 0 aliphatic carbocycles. The van der Waals surface area contributed by atoms with Crippen molar-refractivity contribution < 1.29 is 19.4 Å². The van der Waals surface area contributed by atoms with Crippen molar-refractivity contribution in [1.82, 2.24) is 0 Å². The van der Waals surface area contributed by atoms with E-state index in [1.807, 2.05) is 13.0 Å². The second-order valence-corrected chi connectivity index (χ2v) is 7.32. The molecule has 0 aromatic heterocycles. The highest BCUT2D eigenvalue weighted by Gasteiger charge is 2.12. The van der Waals surface area contributed by atoms with E-state index in [0.717, 1.165) is 11.1 Å². The largest absolute Gasteiger partial charge is 0.488 e. The van der Waals surface area contributed by atoms with E-state index < -0.39 is 11.9 Å². The van der Waals surface area contributed by atoms with Gasteiger partial charge < -0.3 is 15.2 Å². The molecule has 7 heteroatoms. The van der Waals surface area contributed by atoms with Gasteiger partial charge in [-0.15, -0.1) is 0 Å². The first kappa shape index (κ1) is 22.6. The van der Waals surface area contributed by atoms with Crippen molar-refractivity contribution in [1.29, 1.82) is 5.26 Å². The van der Waals surface area contributed by atoms with E-state index in [4.69, 9.17) is 21.4 Å². The lowest BCUT2D eigenvalue weighted by molar-refractivity contribution is -0.112. The highest BCUT2D eigenvalue weighted by molar-refractivity contribution is 6.31. The number of para-hydroxylation sites is 1. The molecule has 6 nitrogen and oxygen atoms in total. The SMILES string of the molecule is Cc1ccc(NC(=O)/C(C#N)=C\c2ccccc2OCc2ccc(C(=O)O)cc2)cc1Cl. The first-order valence-electron chi connectivity index (χ1n) is 9.60. The molecule has 0 unspecified atom stereocenters. The lowest BCUT2D eigenvalue weighted by Crippen LogP contribution is -2.13. The van der Waals surface area contributed by atoms with Gasteiger partial charge in [0.1, 0.15) is 24.0 Å². The summed E-state index contributed by atoms with van der Waals surface area (Å²) in [7, 11) is 0. The van der Waals surface area contributed by atoms with Crippen LogP contribution in [0.2, 0.25) is 5.02 Å². The molecule has 3 aromatic rings. The van der Waals surface area contributed by atoms with Crippen LogP contribution in [0.5, 0.6) is 5.75 Å². The second-order valence-electron chi connectivity index (χ2n) is 6.92. The Morgan fingerprint density at radius 1 is 1.12 bits per heavy atom. The maximum absolute atomic E-state index is 12.6. The fourth-order valence-corrected chi connectivity index (χ4v) is 2.99. The number of carbonyl (C=O) groups is 2. The Hall–Kier alpha value is -4.08. The summed E-state index contributed by atoms with van der Waals surface area (Å²) in [5.74, 6) is -1.08. The summed E-state index contributed by atoms with van der Waals surface area (Å²) in [4.78, 5) is 23.6. The van der Waals surface area contributed by atoms with Crippen LogP contribution >= 0.6 is 11.6 Å². The summed E-state index contributed by atoms with van der Waals surface area (Å²) in [6.45, 7) is 2.05. The minimum atomic E-state index is -0.997. The quantitative estimate of drug-likeness (QED) is 0.370. The van der Waals surface area contributed by atoms with Crippen molar-refractivity contribution in [2.75, 3.05) is 5.32 Å². The molecule has 0 aliphatic rings. The van der Waals surface area contributed by atoms with E-state index in [0.29, 0.717) is 22.0 Å². The Bertz CT molecular complexity index is 1230. The molecule has 0 bridgehead atoms. The number of hydrogen-bond acceptors (Lipinski definition) is 4. The van der Waals surface area contributed by atoms with Crippen molar-refractivity contribution in [3.8, 4) is 11.8 Å². The van der Waals surface area contributed by atoms with E-state index >= 15 is 0 Å². The first-order valence-corrected chi connectivity index (χ1v) is 9.98. The Morgan fingerprint density at radius 2 is 1.84 bits per heavy atom. The van der Waals surface area contributed by atoms with Crippen molar-refractivity contribution in [2.45, 2.75) is 13.5 Å². The predicted octanol–water partition coefficient (Wildman–Crippen LogP) is 5.47. The number of nitrogens with one attached hydrogen (secondary N) is 1. The van der Waals surface area contributed by atoms with Gasteiger partial charge >= 0.3 is 5.97 Å². The third kappa shape index (κ3) is 5.75. The molecule has 2 N–H and O–H groups in total. The lowest BCUT2D eigenvalue weighted by atomic mass is 10.1. The monoisotopic (exact) mass is 446 g/mol. The van der Waals surface area contributed by atoms with Crippen LogP contribution in [0.3, 0.4) is 0 Å². The molecule has 32 heavy (non-hydrogen) atoms. The number of nitrogens with zero attached hydrogens (tertiary/aromatic N) is 1. The van der Waals surface area contributed by atoms with Crippen molar-refractivity contribution in [3.63, 3.8) is 0 Å². The predicted molar refractivity (Wildman–Crippen MR) is 123 cm³/mol. The smallest absolute Gasteiger partial charge is 0.335 e. The summed E-state index contributed by atoms with van der Waals surface area (Å²) in [6.07, 6.45) is 1.45. The standard InChI is InChI=1S/C25H19ClN2O4/c1-16-6-11-21(13-22(16)26)28-24(29)20(14-27)12-19-4-2-3-5-23(19)32-15-17-7-9-18(10-8-17)25(30)31/h2-13H,15H2,1H3,(H,28,29)(H,30,31)/b20-12-. The van der Waals surface area contributed by atoms with Crippen molar-refractivity contribution >= 4 is 35.2 Å². The van der Waals surface area contributed by atoms with Crippen LogP contribution in [0.15, 0.2) is 72.3 Å². The molecule has 1 amide bonds. The molecule has 160 valence electrons. The minimum Gasteiger partial charge on any atom is -0.488 e. The molecule has 3 aromatic carbocycles. The normalized spacial score (nSPS) is 10.8. The first-order chi connectivity index (χ1) is 15.4. The Morgan fingerprint density at radius 3 is 2.50 bits per heavy atom. The highest BCUT2D eigenvalue weighted by atomic mass is 35.5. The van der Waals surface area contributed by atoms with Gasteiger partial charge in [0, 0.05) is 16.3 Å². The van der Waals surface area contributed by atoms with Crippen LogP contribution in [0.25, 0.3) is 6.08 Å². The van der Waals surface area contributed by atoms with E-state index in [1.165, 1.54) is 18.2 Å². The van der Waals surface area contributed by atoms with Gasteiger partial charge in [-0.05, 0) is 54.5 Å². The van der Waals surface area contributed by atoms with Gasteiger partial charge in [-0.2, -0.15) is 5.26 Å². The summed E-state index contributed by atoms with van der Waals surface area (Å²) < 4.78 is 5.85. The zero-order valence-corrected chi connectivity index (χ0v) is 17.9. The number of halogens is 1. The number of carboxylic acids is 1. The van der Waals surface area contributed by atoms with Crippen molar-refractivity contribution in [3.05, 3.63) is 99.6 Å². The van der Waals surface area contributed by atoms with Crippen LogP contribution in [-0.2, 0) is 11.4 Å². The molecule has 0 radical (unpaired) electrons. The topological polar surface area (TPSA) is 99.4 Å². The van der Waals surface area contributed by atoms with Gasteiger partial charge in [-0.25, -0.2) is 4.79 Å². The molecular formula is C25H19ClN2O4. The van der Waals surface area contributed by atoms with E-state index in [1.54, 1.807) is 54.6 Å². The van der Waals surface area contributed by atoms with Crippen LogP contribution in [0.4, 0.5) is 5.69 Å². The maximum atomic E-state index is 12.6. The molecule has 0 fully saturated rings. The Balaban J connectivity index is 1.76. The molecule has 0 saturated carbocycles. The Kier molecular flexibility index (Phi) is 7.27. The number of ether oxygens (including phenoxy) is 1. The average Bonchev–Trinajstić information content (AvgIpc) is 2.79. The minimum absolute atomic E-state index is 0.0939. The number of rotatable bonds is 7. The summed E-state index contributed by atoms with van der Waals surface area (Å²) in [5.41, 5.74) is 2.80. The Labute approximate surface area is 190 Å². The molecule has 0 spiro atoms. The average molecular weight is 447 g/mol. The zero-order valence-electron chi connectivity index (χ0n) is 17.1. The summed E-state index contributed by atoms with van der Waals surface area (Å²) in [5, 5.41) is 21.7. The molecule has 3 rings (SSSR count). The summed E-state index contributed by atoms with van der Waals surface area (Å²) >= 11 is 6.09. The van der Waals surface area contributed by atoms with Crippen LogP contribution in [-0.4, -0.2) is 17.0 Å². The van der Waals surface area contributed by atoms with Crippen LogP contribution in [0.1, 0.15) is 27.0 Å². The maximum Gasteiger partial charge on any atom is 0.335 e. The number of nitriles is 1. The molecule has 0 heterocycles. The van der Waals surface area contributed by atoms with Crippen molar-refractivity contribution in [2.24, 2.45) is 0 Å². The number of carboxylic acid groups (broad SMARTS) is 1. The third-order valence-electron chi connectivity index (χ3n) is 4.61. The molecular weight excluding hydrogens is 428 g/mol. The third-order valence-corrected chi connectivity index (χ3v) is 5.02. The number of carbonyl (C=O) groups excluding carboxylic acids is 1. The van der Waals surface area contributed by atoms with Gasteiger partial charge in [-0.1, -0.05) is 48.0 Å².